The van der Waals surface area contributed by atoms with Gasteiger partial charge in [0.2, 0.25) is 5.91 Å². The lowest BCUT2D eigenvalue weighted by Gasteiger charge is -2.23. The first kappa shape index (κ1) is 17.3. The van der Waals surface area contributed by atoms with Gasteiger partial charge in [0.1, 0.15) is 5.82 Å². The van der Waals surface area contributed by atoms with Crippen molar-refractivity contribution in [3.05, 3.63) is 35.6 Å². The van der Waals surface area contributed by atoms with E-state index in [-0.39, 0.29) is 36.6 Å². The molecule has 0 radical (unpaired) electrons. The minimum atomic E-state index is -0.393. The fourth-order valence-corrected chi connectivity index (χ4v) is 1.82. The molecule has 0 aromatic heterocycles. The van der Waals surface area contributed by atoms with E-state index in [2.05, 4.69) is 5.32 Å². The normalized spacial score (nSPS) is 11.2. The summed E-state index contributed by atoms with van der Waals surface area (Å²) in [6.07, 6.45) is 0.797. The number of hydrogen-bond acceptors (Lipinski definition) is 3. The van der Waals surface area contributed by atoms with Crippen molar-refractivity contribution in [3.63, 3.8) is 0 Å². The summed E-state index contributed by atoms with van der Waals surface area (Å²) in [5.74, 6) is -0.772. The summed E-state index contributed by atoms with van der Waals surface area (Å²) in [5, 5.41) is 11.7. The van der Waals surface area contributed by atoms with Gasteiger partial charge in [-0.25, -0.2) is 4.39 Å². The van der Waals surface area contributed by atoms with Crippen LogP contribution in [0.1, 0.15) is 43.5 Å². The summed E-state index contributed by atoms with van der Waals surface area (Å²) in [6, 6.07) is 5.29. The van der Waals surface area contributed by atoms with Crippen molar-refractivity contribution in [2.75, 3.05) is 13.2 Å². The first-order valence-electron chi connectivity index (χ1n) is 7.00. The Labute approximate surface area is 124 Å². The highest BCUT2D eigenvalue weighted by molar-refractivity contribution is 5.97. The van der Waals surface area contributed by atoms with Crippen LogP contribution in [-0.4, -0.2) is 29.9 Å². The van der Waals surface area contributed by atoms with Crippen LogP contribution in [0.4, 0.5) is 4.39 Å². The van der Waals surface area contributed by atoms with Crippen LogP contribution in [0.25, 0.3) is 0 Å². The minimum absolute atomic E-state index is 0.0753. The zero-order valence-corrected chi connectivity index (χ0v) is 12.5. The number of carbonyl (C=O) groups excluding carboxylic acids is 2. The van der Waals surface area contributed by atoms with Crippen LogP contribution in [0.2, 0.25) is 0 Å². The molecule has 2 N–H and O–H groups in total. The number of ketones is 1. The van der Waals surface area contributed by atoms with Crippen molar-refractivity contribution in [1.82, 2.24) is 5.32 Å². The van der Waals surface area contributed by atoms with Crippen molar-refractivity contribution in [2.24, 2.45) is 5.41 Å². The fraction of sp³-hybridized carbons (Fsp3) is 0.500. The summed E-state index contributed by atoms with van der Waals surface area (Å²) in [5.41, 5.74) is 0.232. The number of halogens is 1. The number of aliphatic hydroxyl groups is 1. The molecule has 0 aliphatic rings. The lowest BCUT2D eigenvalue weighted by atomic mass is 9.90. The average Bonchev–Trinajstić information content (AvgIpc) is 2.43. The molecular weight excluding hydrogens is 273 g/mol. The standard InChI is InChI=1S/C16H22FNO3/c1-16(2,9-10-19)11-18-15(21)8-7-14(20)12-3-5-13(17)6-4-12/h3-6,19H,7-11H2,1-2H3,(H,18,21). The lowest BCUT2D eigenvalue weighted by molar-refractivity contribution is -0.121. The summed E-state index contributed by atoms with van der Waals surface area (Å²) in [6.45, 7) is 4.43. The van der Waals surface area contributed by atoms with Crippen LogP contribution in [0.15, 0.2) is 24.3 Å². The van der Waals surface area contributed by atoms with E-state index in [0.29, 0.717) is 18.5 Å². The van der Waals surface area contributed by atoms with Gasteiger partial charge >= 0.3 is 0 Å². The fourth-order valence-electron chi connectivity index (χ4n) is 1.82. The largest absolute Gasteiger partial charge is 0.396 e. The van der Waals surface area contributed by atoms with Gasteiger partial charge in [0, 0.05) is 31.6 Å². The number of aliphatic hydroxyl groups excluding tert-OH is 1. The summed E-state index contributed by atoms with van der Waals surface area (Å²) < 4.78 is 12.7. The molecule has 0 fully saturated rings. The minimum Gasteiger partial charge on any atom is -0.396 e. The number of rotatable bonds is 8. The Kier molecular flexibility index (Phi) is 6.49. The lowest BCUT2D eigenvalue weighted by Crippen LogP contribution is -2.34. The SMILES string of the molecule is CC(C)(CCO)CNC(=O)CCC(=O)c1ccc(F)cc1. The van der Waals surface area contributed by atoms with Crippen LogP contribution in [0.3, 0.4) is 0 Å². The molecule has 4 nitrogen and oxygen atoms in total. The Morgan fingerprint density at radius 3 is 2.38 bits per heavy atom. The van der Waals surface area contributed by atoms with E-state index >= 15 is 0 Å². The predicted molar refractivity (Wildman–Crippen MR) is 78.5 cm³/mol. The molecule has 5 heteroatoms. The monoisotopic (exact) mass is 295 g/mol. The number of hydrogen-bond donors (Lipinski definition) is 2. The van der Waals surface area contributed by atoms with Crippen LogP contribution in [0, 0.1) is 11.2 Å². The molecule has 0 aliphatic carbocycles. The number of Topliss-reactive ketones (excluding diaryl/α,β-unsaturated/α-hetero) is 1. The van der Waals surface area contributed by atoms with Gasteiger partial charge in [-0.2, -0.15) is 0 Å². The number of nitrogens with one attached hydrogen (secondary N) is 1. The number of benzene rings is 1. The van der Waals surface area contributed by atoms with Crippen molar-refractivity contribution >= 4 is 11.7 Å². The zero-order chi connectivity index (χ0) is 15.9. The van der Waals surface area contributed by atoms with Gasteiger partial charge in [0.05, 0.1) is 0 Å². The summed E-state index contributed by atoms with van der Waals surface area (Å²) >= 11 is 0. The van der Waals surface area contributed by atoms with E-state index in [1.54, 1.807) is 0 Å². The third kappa shape index (κ3) is 6.49. The van der Waals surface area contributed by atoms with E-state index in [0.717, 1.165) is 0 Å². The van der Waals surface area contributed by atoms with Gasteiger partial charge < -0.3 is 10.4 Å². The molecule has 0 heterocycles. The maximum Gasteiger partial charge on any atom is 0.220 e. The first-order valence-corrected chi connectivity index (χ1v) is 7.00. The van der Waals surface area contributed by atoms with Crippen molar-refractivity contribution in [1.29, 1.82) is 0 Å². The second-order valence-corrected chi connectivity index (χ2v) is 5.84. The van der Waals surface area contributed by atoms with Crippen LogP contribution in [0.5, 0.6) is 0 Å². The molecule has 21 heavy (non-hydrogen) atoms. The van der Waals surface area contributed by atoms with E-state index < -0.39 is 5.82 Å². The van der Waals surface area contributed by atoms with Crippen LogP contribution < -0.4 is 5.32 Å². The predicted octanol–water partition coefficient (Wildman–Crippen LogP) is 2.31. The topological polar surface area (TPSA) is 66.4 Å². The summed E-state index contributed by atoms with van der Waals surface area (Å²) in [4.78, 5) is 23.5. The molecule has 1 aromatic rings. The Morgan fingerprint density at radius 1 is 1.19 bits per heavy atom. The number of amides is 1. The highest BCUT2D eigenvalue weighted by Crippen LogP contribution is 2.18. The van der Waals surface area contributed by atoms with Gasteiger partial charge in [-0.3, -0.25) is 9.59 Å². The van der Waals surface area contributed by atoms with Crippen molar-refractivity contribution < 1.29 is 19.1 Å². The average molecular weight is 295 g/mol. The van der Waals surface area contributed by atoms with Gasteiger partial charge in [0.25, 0.3) is 0 Å². The maximum absolute atomic E-state index is 12.7. The molecule has 1 rings (SSSR count). The Bertz CT molecular complexity index is 483. The molecule has 0 saturated carbocycles. The zero-order valence-electron chi connectivity index (χ0n) is 12.5. The van der Waals surface area contributed by atoms with Gasteiger partial charge in [-0.15, -0.1) is 0 Å². The third-order valence-electron chi connectivity index (χ3n) is 3.30. The second kappa shape index (κ2) is 7.88. The third-order valence-corrected chi connectivity index (χ3v) is 3.30. The van der Waals surface area contributed by atoms with E-state index in [1.807, 2.05) is 13.8 Å². The maximum atomic E-state index is 12.7. The Morgan fingerprint density at radius 2 is 1.81 bits per heavy atom. The molecule has 0 atom stereocenters. The van der Waals surface area contributed by atoms with Crippen LogP contribution >= 0.6 is 0 Å². The van der Waals surface area contributed by atoms with Crippen LogP contribution in [-0.2, 0) is 4.79 Å². The highest BCUT2D eigenvalue weighted by Gasteiger charge is 2.18. The molecule has 116 valence electrons. The van der Waals surface area contributed by atoms with Gasteiger partial charge in [-0.05, 0) is 36.1 Å². The van der Waals surface area contributed by atoms with E-state index in [1.165, 1.54) is 24.3 Å². The molecule has 1 aromatic carbocycles. The molecule has 0 bridgehead atoms. The molecule has 1 amide bonds. The Balaban J connectivity index is 2.36. The Hall–Kier alpha value is -1.75. The second-order valence-electron chi connectivity index (χ2n) is 5.84. The summed E-state index contributed by atoms with van der Waals surface area (Å²) in [7, 11) is 0. The molecular formula is C16H22FNO3. The smallest absolute Gasteiger partial charge is 0.220 e. The first-order chi connectivity index (χ1) is 9.84. The van der Waals surface area contributed by atoms with Gasteiger partial charge in [-0.1, -0.05) is 13.8 Å². The highest BCUT2D eigenvalue weighted by atomic mass is 19.1. The van der Waals surface area contributed by atoms with Gasteiger partial charge in [0.15, 0.2) is 5.78 Å². The molecule has 0 saturated heterocycles. The van der Waals surface area contributed by atoms with E-state index in [4.69, 9.17) is 5.11 Å². The van der Waals surface area contributed by atoms with Crippen molar-refractivity contribution in [2.45, 2.75) is 33.1 Å². The quantitative estimate of drug-likeness (QED) is 0.723. The van der Waals surface area contributed by atoms with Crippen molar-refractivity contribution in [3.8, 4) is 0 Å². The van der Waals surface area contributed by atoms with E-state index in [9.17, 15) is 14.0 Å². The number of carbonyl (C=O) groups is 2. The molecule has 0 spiro atoms. The molecule has 0 unspecified atom stereocenters. The molecule has 0 aliphatic heterocycles.